The molecule has 0 amide bonds. The fraction of sp³-hybridized carbons (Fsp3) is 0.364. The lowest BCUT2D eigenvalue weighted by Gasteiger charge is -2.17. The summed E-state index contributed by atoms with van der Waals surface area (Å²) in [7, 11) is 0. The molecule has 1 heterocycles. The lowest BCUT2D eigenvalue weighted by atomic mass is 10.3. The summed E-state index contributed by atoms with van der Waals surface area (Å²) in [5.74, 6) is 0.418. The molecule has 2 rings (SSSR count). The number of nitrogens with one attached hydrogen (secondary N) is 1. The molecular formula is C11H13Cl3N2O2. The largest absolute Gasteiger partial charge is 0.452 e. The molecule has 4 nitrogen and oxygen atoms in total. The van der Waals surface area contributed by atoms with E-state index in [1.165, 1.54) is 0 Å². The summed E-state index contributed by atoms with van der Waals surface area (Å²) in [6.45, 7) is 3.26. The van der Waals surface area contributed by atoms with Crippen LogP contribution in [0.4, 0.5) is 0 Å². The molecule has 1 aliphatic heterocycles. The Bertz CT molecular complexity index is 420. The van der Waals surface area contributed by atoms with E-state index in [-0.39, 0.29) is 12.4 Å². The summed E-state index contributed by atoms with van der Waals surface area (Å²) in [4.78, 5) is 4.10. The third-order valence-electron chi connectivity index (χ3n) is 2.12. The summed E-state index contributed by atoms with van der Waals surface area (Å²) < 4.78 is 11.0. The molecule has 1 aromatic carbocycles. The Morgan fingerprint density at radius 3 is 2.50 bits per heavy atom. The van der Waals surface area contributed by atoms with Gasteiger partial charge in [-0.15, -0.1) is 12.4 Å². The van der Waals surface area contributed by atoms with E-state index in [4.69, 9.17) is 32.7 Å². The number of nitrogens with zero attached hydrogens (tertiary/aromatic N) is 1. The number of amidine groups is 1. The molecule has 1 N–H and O–H groups in total. The number of hydrogen-bond acceptors (Lipinski definition) is 4. The van der Waals surface area contributed by atoms with Crippen LogP contribution in [0.1, 0.15) is 6.92 Å². The maximum absolute atomic E-state index is 5.98. The average molecular weight is 312 g/mol. The van der Waals surface area contributed by atoms with E-state index < -0.39 is 6.29 Å². The van der Waals surface area contributed by atoms with Gasteiger partial charge in [0.25, 0.3) is 6.02 Å². The van der Waals surface area contributed by atoms with Gasteiger partial charge in [-0.25, -0.2) is 4.99 Å². The molecule has 100 valence electrons. The lowest BCUT2D eigenvalue weighted by Crippen LogP contribution is -2.28. The van der Waals surface area contributed by atoms with Crippen molar-refractivity contribution in [3.05, 3.63) is 28.2 Å². The van der Waals surface area contributed by atoms with Crippen LogP contribution in [0, 0.1) is 0 Å². The van der Waals surface area contributed by atoms with Crippen LogP contribution in [0.3, 0.4) is 0 Å². The van der Waals surface area contributed by atoms with Gasteiger partial charge in [-0.1, -0.05) is 29.3 Å². The molecule has 1 unspecified atom stereocenters. The maximum Gasteiger partial charge on any atom is 0.287 e. The van der Waals surface area contributed by atoms with Crippen molar-refractivity contribution in [2.45, 2.75) is 13.2 Å². The fourth-order valence-electron chi connectivity index (χ4n) is 1.40. The molecule has 0 radical (unpaired) electrons. The molecule has 0 fully saturated rings. The highest BCUT2D eigenvalue weighted by atomic mass is 35.5. The Hall–Kier alpha value is -0.840. The van der Waals surface area contributed by atoms with Crippen LogP contribution in [-0.2, 0) is 4.74 Å². The van der Waals surface area contributed by atoms with E-state index in [0.717, 1.165) is 13.1 Å². The van der Waals surface area contributed by atoms with Crippen LogP contribution in [0.25, 0.3) is 0 Å². The Balaban J connectivity index is 0.00000162. The van der Waals surface area contributed by atoms with E-state index in [9.17, 15) is 0 Å². The predicted octanol–water partition coefficient (Wildman–Crippen LogP) is 3.12. The lowest BCUT2D eigenvalue weighted by molar-refractivity contribution is 0.00892. The highest BCUT2D eigenvalue weighted by molar-refractivity contribution is 6.37. The molecule has 0 aliphatic carbocycles. The zero-order valence-corrected chi connectivity index (χ0v) is 12.0. The van der Waals surface area contributed by atoms with Crippen LogP contribution in [0.15, 0.2) is 23.2 Å². The molecule has 1 aliphatic rings. The van der Waals surface area contributed by atoms with Gasteiger partial charge in [-0.3, -0.25) is 0 Å². The number of para-hydroxylation sites is 1. The second-order valence-electron chi connectivity index (χ2n) is 3.47. The van der Waals surface area contributed by atoms with Crippen LogP contribution < -0.4 is 10.1 Å². The van der Waals surface area contributed by atoms with Crippen LogP contribution in [0.5, 0.6) is 5.75 Å². The van der Waals surface area contributed by atoms with Gasteiger partial charge in [0.05, 0.1) is 16.6 Å². The van der Waals surface area contributed by atoms with E-state index in [2.05, 4.69) is 10.3 Å². The highest BCUT2D eigenvalue weighted by Crippen LogP contribution is 2.33. The summed E-state index contributed by atoms with van der Waals surface area (Å²) in [6, 6.07) is 5.66. The van der Waals surface area contributed by atoms with Gasteiger partial charge >= 0.3 is 0 Å². The van der Waals surface area contributed by atoms with Crippen LogP contribution >= 0.6 is 35.6 Å². The summed E-state index contributed by atoms with van der Waals surface area (Å²) in [5, 5.41) is 3.89. The standard InChI is InChI=1S/C11H12Cl2N2O2.ClH/c1-7(17-11-14-5-6-15-11)16-10-8(12)3-2-4-9(10)13;/h2-4,7H,5-6H2,1H3,(H,14,15);1H. The van der Waals surface area contributed by atoms with Gasteiger partial charge in [0.15, 0.2) is 5.75 Å². The molecule has 0 saturated carbocycles. The zero-order chi connectivity index (χ0) is 12.3. The van der Waals surface area contributed by atoms with Crippen molar-refractivity contribution < 1.29 is 9.47 Å². The van der Waals surface area contributed by atoms with Crippen LogP contribution in [0.2, 0.25) is 10.0 Å². The quantitative estimate of drug-likeness (QED) is 0.872. The molecule has 0 aromatic heterocycles. The van der Waals surface area contributed by atoms with Crippen molar-refractivity contribution in [3.63, 3.8) is 0 Å². The van der Waals surface area contributed by atoms with Gasteiger partial charge in [0, 0.05) is 13.5 Å². The molecule has 0 saturated heterocycles. The van der Waals surface area contributed by atoms with Gasteiger partial charge in [0.1, 0.15) is 0 Å². The molecule has 0 bridgehead atoms. The SMILES string of the molecule is CC(OC1=NCCN1)Oc1c(Cl)cccc1Cl.Cl. The first-order valence-electron chi connectivity index (χ1n) is 5.22. The molecular weight excluding hydrogens is 298 g/mol. The second kappa shape index (κ2) is 6.92. The first-order chi connectivity index (χ1) is 8.16. The molecule has 7 heteroatoms. The maximum atomic E-state index is 5.98. The number of aliphatic imine (C=N–C) groups is 1. The Morgan fingerprint density at radius 2 is 1.94 bits per heavy atom. The van der Waals surface area contributed by atoms with Gasteiger partial charge in [-0.2, -0.15) is 0 Å². The highest BCUT2D eigenvalue weighted by Gasteiger charge is 2.15. The molecule has 0 spiro atoms. The van der Waals surface area contributed by atoms with Crippen molar-refractivity contribution in [3.8, 4) is 5.75 Å². The second-order valence-corrected chi connectivity index (χ2v) is 4.28. The van der Waals surface area contributed by atoms with Crippen molar-refractivity contribution in [1.82, 2.24) is 5.32 Å². The summed E-state index contributed by atoms with van der Waals surface area (Å²) in [6.07, 6.45) is -0.517. The minimum absolute atomic E-state index is 0. The first-order valence-corrected chi connectivity index (χ1v) is 5.98. The number of rotatable bonds is 3. The normalized spacial score (nSPS) is 15.2. The minimum Gasteiger partial charge on any atom is -0.452 e. The van der Waals surface area contributed by atoms with Crippen molar-refractivity contribution in [1.29, 1.82) is 0 Å². The average Bonchev–Trinajstić information content (AvgIpc) is 2.76. The third kappa shape index (κ3) is 3.83. The first kappa shape index (κ1) is 15.2. The van der Waals surface area contributed by atoms with E-state index in [1.54, 1.807) is 25.1 Å². The fourth-order valence-corrected chi connectivity index (χ4v) is 1.88. The van der Waals surface area contributed by atoms with Crippen molar-refractivity contribution in [2.75, 3.05) is 13.1 Å². The Kier molecular flexibility index (Phi) is 5.85. The van der Waals surface area contributed by atoms with Gasteiger partial charge < -0.3 is 14.8 Å². The number of ether oxygens (including phenoxy) is 2. The predicted molar refractivity (Wildman–Crippen MR) is 75.2 cm³/mol. The smallest absolute Gasteiger partial charge is 0.287 e. The van der Waals surface area contributed by atoms with Gasteiger partial charge in [0.2, 0.25) is 6.29 Å². The monoisotopic (exact) mass is 310 g/mol. The molecule has 1 aromatic rings. The number of benzene rings is 1. The molecule has 18 heavy (non-hydrogen) atoms. The van der Waals surface area contributed by atoms with E-state index in [1.807, 2.05) is 0 Å². The Labute approximate surface area is 122 Å². The Morgan fingerprint density at radius 1 is 1.28 bits per heavy atom. The van der Waals surface area contributed by atoms with E-state index >= 15 is 0 Å². The van der Waals surface area contributed by atoms with Crippen molar-refractivity contribution >= 4 is 41.6 Å². The van der Waals surface area contributed by atoms with Crippen molar-refractivity contribution in [2.24, 2.45) is 4.99 Å². The summed E-state index contributed by atoms with van der Waals surface area (Å²) >= 11 is 12.0. The van der Waals surface area contributed by atoms with Gasteiger partial charge in [-0.05, 0) is 12.1 Å². The minimum atomic E-state index is -0.517. The zero-order valence-electron chi connectivity index (χ0n) is 9.65. The summed E-state index contributed by atoms with van der Waals surface area (Å²) in [5.41, 5.74) is 0. The van der Waals surface area contributed by atoms with E-state index in [0.29, 0.717) is 21.8 Å². The third-order valence-corrected chi connectivity index (χ3v) is 2.72. The number of hydrogen-bond donors (Lipinski definition) is 1. The van der Waals surface area contributed by atoms with Crippen LogP contribution in [-0.4, -0.2) is 25.4 Å². The topological polar surface area (TPSA) is 42.8 Å². The number of halogens is 3. The molecule has 1 atom stereocenters.